The van der Waals surface area contributed by atoms with Gasteiger partial charge in [-0.3, -0.25) is 0 Å². The summed E-state index contributed by atoms with van der Waals surface area (Å²) in [6, 6.07) is 0.693. The summed E-state index contributed by atoms with van der Waals surface area (Å²) in [6.45, 7) is 8.78. The number of ether oxygens (including phenoxy) is 1. The Labute approximate surface area is 88.4 Å². The molecule has 0 aromatic carbocycles. The minimum Gasteiger partial charge on any atom is -0.378 e. The highest BCUT2D eigenvalue weighted by Gasteiger charge is 2.25. The first-order valence-electron chi connectivity index (χ1n) is 6.12. The monoisotopic (exact) mass is 199 g/mol. The van der Waals surface area contributed by atoms with E-state index in [1.165, 1.54) is 25.7 Å². The first-order valence-corrected chi connectivity index (χ1v) is 6.12. The molecule has 1 aliphatic rings. The molecule has 3 atom stereocenters. The maximum atomic E-state index is 5.83. The Balaban J connectivity index is 2.31. The fourth-order valence-corrected chi connectivity index (χ4v) is 2.34. The topological polar surface area (TPSA) is 21.3 Å². The molecule has 84 valence electrons. The molecule has 1 aliphatic heterocycles. The first-order chi connectivity index (χ1) is 6.77. The molecule has 14 heavy (non-hydrogen) atoms. The van der Waals surface area contributed by atoms with E-state index in [-0.39, 0.29) is 0 Å². The van der Waals surface area contributed by atoms with Gasteiger partial charge in [0.25, 0.3) is 0 Å². The molecule has 1 N–H and O–H groups in total. The molecule has 1 fully saturated rings. The van der Waals surface area contributed by atoms with Crippen molar-refractivity contribution in [1.29, 1.82) is 0 Å². The average Bonchev–Trinajstić information content (AvgIpc) is 2.19. The van der Waals surface area contributed by atoms with Crippen LogP contribution in [0.25, 0.3) is 0 Å². The SMILES string of the molecule is CCCC(C)C1CC(NCC)CCO1. The molecule has 2 heteroatoms. The van der Waals surface area contributed by atoms with E-state index < -0.39 is 0 Å². The molecule has 0 aromatic rings. The predicted octanol–water partition coefficient (Wildman–Crippen LogP) is 2.58. The molecular formula is C12H25NO. The molecule has 3 unspecified atom stereocenters. The average molecular weight is 199 g/mol. The van der Waals surface area contributed by atoms with Gasteiger partial charge in [0.05, 0.1) is 6.10 Å². The van der Waals surface area contributed by atoms with Gasteiger partial charge in [-0.05, 0) is 31.7 Å². The van der Waals surface area contributed by atoms with Crippen molar-refractivity contribution >= 4 is 0 Å². The Morgan fingerprint density at radius 2 is 2.21 bits per heavy atom. The highest BCUT2D eigenvalue weighted by Crippen LogP contribution is 2.23. The van der Waals surface area contributed by atoms with Crippen molar-refractivity contribution in [2.45, 2.75) is 58.6 Å². The fourth-order valence-electron chi connectivity index (χ4n) is 2.34. The molecule has 2 nitrogen and oxygen atoms in total. The highest BCUT2D eigenvalue weighted by atomic mass is 16.5. The lowest BCUT2D eigenvalue weighted by Crippen LogP contribution is -2.41. The van der Waals surface area contributed by atoms with Crippen LogP contribution < -0.4 is 5.32 Å². The summed E-state index contributed by atoms with van der Waals surface area (Å²) in [5.41, 5.74) is 0. The van der Waals surface area contributed by atoms with Gasteiger partial charge in [-0.15, -0.1) is 0 Å². The summed E-state index contributed by atoms with van der Waals surface area (Å²) in [7, 11) is 0. The molecular weight excluding hydrogens is 174 g/mol. The summed E-state index contributed by atoms with van der Waals surface area (Å²) in [4.78, 5) is 0. The lowest BCUT2D eigenvalue weighted by atomic mass is 9.91. The third-order valence-electron chi connectivity index (χ3n) is 3.19. The summed E-state index contributed by atoms with van der Waals surface area (Å²) in [6.07, 6.45) is 5.45. The zero-order valence-corrected chi connectivity index (χ0v) is 9.88. The molecule has 0 aromatic heterocycles. The highest BCUT2D eigenvalue weighted by molar-refractivity contribution is 4.79. The number of hydrogen-bond acceptors (Lipinski definition) is 2. The molecule has 0 saturated carbocycles. The largest absolute Gasteiger partial charge is 0.378 e. The van der Waals surface area contributed by atoms with Crippen LogP contribution in [-0.2, 0) is 4.74 Å². The van der Waals surface area contributed by atoms with Crippen LogP contribution in [0.4, 0.5) is 0 Å². The van der Waals surface area contributed by atoms with Crippen LogP contribution in [-0.4, -0.2) is 25.3 Å². The maximum absolute atomic E-state index is 5.83. The number of rotatable bonds is 5. The molecule has 0 bridgehead atoms. The van der Waals surface area contributed by atoms with Gasteiger partial charge in [-0.25, -0.2) is 0 Å². The minimum absolute atomic E-state index is 0.493. The van der Waals surface area contributed by atoms with Crippen molar-refractivity contribution in [3.05, 3.63) is 0 Å². The quantitative estimate of drug-likeness (QED) is 0.735. The second-order valence-electron chi connectivity index (χ2n) is 4.45. The summed E-state index contributed by atoms with van der Waals surface area (Å²) >= 11 is 0. The van der Waals surface area contributed by atoms with Crippen molar-refractivity contribution < 1.29 is 4.74 Å². The van der Waals surface area contributed by atoms with Crippen molar-refractivity contribution in [2.75, 3.05) is 13.2 Å². The third-order valence-corrected chi connectivity index (χ3v) is 3.19. The van der Waals surface area contributed by atoms with E-state index in [0.717, 1.165) is 19.1 Å². The molecule has 1 rings (SSSR count). The molecule has 0 spiro atoms. The maximum Gasteiger partial charge on any atom is 0.0615 e. The van der Waals surface area contributed by atoms with E-state index in [2.05, 4.69) is 26.1 Å². The molecule has 0 radical (unpaired) electrons. The van der Waals surface area contributed by atoms with Crippen LogP contribution in [0, 0.1) is 5.92 Å². The van der Waals surface area contributed by atoms with E-state index in [4.69, 9.17) is 4.74 Å². The second kappa shape index (κ2) is 6.41. The summed E-state index contributed by atoms with van der Waals surface area (Å²) < 4.78 is 5.83. The van der Waals surface area contributed by atoms with Crippen molar-refractivity contribution in [1.82, 2.24) is 5.32 Å². The van der Waals surface area contributed by atoms with Gasteiger partial charge in [0, 0.05) is 12.6 Å². The van der Waals surface area contributed by atoms with Gasteiger partial charge in [0.1, 0.15) is 0 Å². The Morgan fingerprint density at radius 1 is 1.43 bits per heavy atom. The van der Waals surface area contributed by atoms with Gasteiger partial charge in [0.2, 0.25) is 0 Å². The van der Waals surface area contributed by atoms with E-state index in [1.54, 1.807) is 0 Å². The van der Waals surface area contributed by atoms with Gasteiger partial charge in [0.15, 0.2) is 0 Å². The Bertz CT molecular complexity index is 143. The molecule has 1 saturated heterocycles. The molecule has 0 amide bonds. The smallest absolute Gasteiger partial charge is 0.0615 e. The van der Waals surface area contributed by atoms with Crippen LogP contribution in [0.5, 0.6) is 0 Å². The lowest BCUT2D eigenvalue weighted by molar-refractivity contribution is -0.0303. The van der Waals surface area contributed by atoms with Crippen LogP contribution in [0.2, 0.25) is 0 Å². The summed E-state index contributed by atoms with van der Waals surface area (Å²) in [5.74, 6) is 0.724. The van der Waals surface area contributed by atoms with Crippen molar-refractivity contribution in [3.8, 4) is 0 Å². The zero-order chi connectivity index (χ0) is 10.4. The second-order valence-corrected chi connectivity index (χ2v) is 4.45. The normalized spacial score (nSPS) is 30.2. The minimum atomic E-state index is 0.493. The van der Waals surface area contributed by atoms with Gasteiger partial charge >= 0.3 is 0 Å². The van der Waals surface area contributed by atoms with Crippen LogP contribution >= 0.6 is 0 Å². The third kappa shape index (κ3) is 3.58. The van der Waals surface area contributed by atoms with Crippen LogP contribution in [0.3, 0.4) is 0 Å². The molecule has 0 aliphatic carbocycles. The van der Waals surface area contributed by atoms with E-state index in [0.29, 0.717) is 12.1 Å². The molecule has 1 heterocycles. The van der Waals surface area contributed by atoms with Crippen LogP contribution in [0.1, 0.15) is 46.5 Å². The van der Waals surface area contributed by atoms with Crippen molar-refractivity contribution in [2.24, 2.45) is 5.92 Å². The zero-order valence-electron chi connectivity index (χ0n) is 9.88. The standard InChI is InChI=1S/C12H25NO/c1-4-6-10(3)12-9-11(13-5-2)7-8-14-12/h10-13H,4-9H2,1-3H3. The summed E-state index contributed by atoms with van der Waals surface area (Å²) in [5, 5.41) is 3.53. The van der Waals surface area contributed by atoms with E-state index in [1.807, 2.05) is 0 Å². The number of hydrogen-bond donors (Lipinski definition) is 1. The Kier molecular flexibility index (Phi) is 5.49. The Morgan fingerprint density at radius 3 is 2.86 bits per heavy atom. The Hall–Kier alpha value is -0.0800. The predicted molar refractivity (Wildman–Crippen MR) is 60.5 cm³/mol. The van der Waals surface area contributed by atoms with E-state index >= 15 is 0 Å². The first kappa shape index (κ1) is 12.0. The van der Waals surface area contributed by atoms with Gasteiger partial charge in [-0.2, -0.15) is 0 Å². The van der Waals surface area contributed by atoms with E-state index in [9.17, 15) is 0 Å². The van der Waals surface area contributed by atoms with Crippen molar-refractivity contribution in [3.63, 3.8) is 0 Å². The van der Waals surface area contributed by atoms with Gasteiger partial charge < -0.3 is 10.1 Å². The fraction of sp³-hybridized carbons (Fsp3) is 1.00. The van der Waals surface area contributed by atoms with Crippen LogP contribution in [0.15, 0.2) is 0 Å². The number of nitrogens with one attached hydrogen (secondary N) is 1. The lowest BCUT2D eigenvalue weighted by Gasteiger charge is -2.33. The van der Waals surface area contributed by atoms with Gasteiger partial charge in [-0.1, -0.05) is 27.2 Å².